The second-order valence-corrected chi connectivity index (χ2v) is 7.64. The Morgan fingerprint density at radius 3 is 2.47 bits per heavy atom. The number of aliphatic hydroxyl groups is 1. The average Bonchev–Trinajstić information content (AvgIpc) is 3.11. The maximum atomic E-state index is 11.5. The van der Waals surface area contributed by atoms with Crippen molar-refractivity contribution in [1.82, 2.24) is 9.38 Å². The van der Waals surface area contributed by atoms with Crippen molar-refractivity contribution in [3.63, 3.8) is 0 Å². The summed E-state index contributed by atoms with van der Waals surface area (Å²) in [6.07, 6.45) is -0.910. The first kappa shape index (κ1) is 20.1. The predicted molar refractivity (Wildman–Crippen MR) is 117 cm³/mol. The summed E-state index contributed by atoms with van der Waals surface area (Å²) in [5.41, 5.74) is 4.60. The number of aliphatic hydroxyl groups excluding tert-OH is 1. The highest BCUT2D eigenvalue weighted by molar-refractivity contribution is 9.10. The molecule has 7 heteroatoms. The number of carboxylic acids is 1. The van der Waals surface area contributed by atoms with Crippen LogP contribution in [0.1, 0.15) is 33.3 Å². The Morgan fingerprint density at radius 2 is 1.80 bits per heavy atom. The van der Waals surface area contributed by atoms with E-state index in [4.69, 9.17) is 4.74 Å². The monoisotopic (exact) mass is 466 g/mol. The molecule has 152 valence electrons. The number of aryl methyl sites for hydroxylation is 1. The smallest absolute Gasteiger partial charge is 0.336 e. The number of nitrogens with zero attached hydrogens (tertiary/aromatic N) is 2. The third-order valence-corrected chi connectivity index (χ3v) is 5.77. The van der Waals surface area contributed by atoms with E-state index in [1.807, 2.05) is 35.6 Å². The number of pyridine rings is 1. The largest absolute Gasteiger partial charge is 0.479 e. The van der Waals surface area contributed by atoms with Gasteiger partial charge in [0.15, 0.2) is 4.60 Å². The van der Waals surface area contributed by atoms with E-state index in [0.717, 1.165) is 11.1 Å². The van der Waals surface area contributed by atoms with Crippen LogP contribution < -0.4 is 4.74 Å². The Bertz CT molecular complexity index is 1250. The number of imidazole rings is 1. The SMILES string of the molecule is COc1nc2c(C)ccc(C(O)c3ccc(-c4ccccc4C(=O)O)cc3)n2c1Br. The van der Waals surface area contributed by atoms with Crippen LogP contribution in [-0.4, -0.2) is 32.7 Å². The molecule has 0 fully saturated rings. The lowest BCUT2D eigenvalue weighted by molar-refractivity contribution is 0.0697. The van der Waals surface area contributed by atoms with Crippen LogP contribution >= 0.6 is 15.9 Å². The van der Waals surface area contributed by atoms with Crippen molar-refractivity contribution in [2.75, 3.05) is 7.11 Å². The molecule has 0 aliphatic carbocycles. The third-order valence-electron chi connectivity index (χ3n) is 5.08. The molecule has 2 aromatic heterocycles. The highest BCUT2D eigenvalue weighted by Gasteiger charge is 2.21. The van der Waals surface area contributed by atoms with Crippen LogP contribution in [0, 0.1) is 6.92 Å². The van der Waals surface area contributed by atoms with E-state index in [0.29, 0.717) is 33.0 Å². The van der Waals surface area contributed by atoms with Crippen LogP contribution in [0.3, 0.4) is 0 Å². The highest BCUT2D eigenvalue weighted by atomic mass is 79.9. The number of halogens is 1. The lowest BCUT2D eigenvalue weighted by Crippen LogP contribution is -2.07. The summed E-state index contributed by atoms with van der Waals surface area (Å²) < 4.78 is 7.77. The number of carbonyl (C=O) groups is 1. The molecule has 0 saturated carbocycles. The van der Waals surface area contributed by atoms with Gasteiger partial charge in [0, 0.05) is 0 Å². The molecule has 4 rings (SSSR count). The first-order valence-corrected chi connectivity index (χ1v) is 10.0. The number of hydrogen-bond acceptors (Lipinski definition) is 4. The highest BCUT2D eigenvalue weighted by Crippen LogP contribution is 2.33. The summed E-state index contributed by atoms with van der Waals surface area (Å²) in [6.45, 7) is 1.94. The van der Waals surface area contributed by atoms with Crippen molar-refractivity contribution in [3.05, 3.63) is 87.7 Å². The second kappa shape index (κ2) is 7.93. The lowest BCUT2D eigenvalue weighted by Gasteiger charge is -2.16. The molecule has 0 spiro atoms. The zero-order chi connectivity index (χ0) is 21.4. The number of aromatic nitrogens is 2. The van der Waals surface area contributed by atoms with Crippen molar-refractivity contribution >= 4 is 27.5 Å². The number of carboxylic acid groups (broad SMARTS) is 1. The van der Waals surface area contributed by atoms with Crippen LogP contribution in [-0.2, 0) is 0 Å². The van der Waals surface area contributed by atoms with E-state index in [1.165, 1.54) is 0 Å². The molecular formula is C23H19BrN2O4. The third kappa shape index (κ3) is 3.36. The van der Waals surface area contributed by atoms with Gasteiger partial charge in [-0.25, -0.2) is 4.79 Å². The quantitative estimate of drug-likeness (QED) is 0.438. The molecule has 0 aliphatic rings. The van der Waals surface area contributed by atoms with Gasteiger partial charge in [0.25, 0.3) is 0 Å². The Hall–Kier alpha value is -3.16. The molecule has 2 N–H and O–H groups in total. The van der Waals surface area contributed by atoms with Gasteiger partial charge in [-0.2, -0.15) is 4.98 Å². The van der Waals surface area contributed by atoms with E-state index in [2.05, 4.69) is 20.9 Å². The minimum Gasteiger partial charge on any atom is -0.479 e. The Balaban J connectivity index is 1.76. The van der Waals surface area contributed by atoms with Crippen molar-refractivity contribution in [2.45, 2.75) is 13.0 Å². The van der Waals surface area contributed by atoms with Gasteiger partial charge in [0.2, 0.25) is 5.88 Å². The minimum atomic E-state index is -0.976. The first-order valence-electron chi connectivity index (χ1n) is 9.24. The fourth-order valence-corrected chi connectivity index (χ4v) is 4.14. The van der Waals surface area contributed by atoms with E-state index in [1.54, 1.807) is 43.5 Å². The normalized spacial score (nSPS) is 12.1. The first-order chi connectivity index (χ1) is 14.4. The van der Waals surface area contributed by atoms with E-state index >= 15 is 0 Å². The number of fused-ring (bicyclic) bond motifs is 1. The van der Waals surface area contributed by atoms with Crippen LogP contribution in [0.4, 0.5) is 0 Å². The summed E-state index contributed by atoms with van der Waals surface area (Å²) >= 11 is 3.51. The number of hydrogen-bond donors (Lipinski definition) is 2. The van der Waals surface area contributed by atoms with Crippen molar-refractivity contribution in [1.29, 1.82) is 0 Å². The van der Waals surface area contributed by atoms with Crippen molar-refractivity contribution in [3.8, 4) is 17.0 Å². The average molecular weight is 467 g/mol. The van der Waals surface area contributed by atoms with Gasteiger partial charge in [-0.05, 0) is 57.2 Å². The number of ether oxygens (including phenoxy) is 1. The van der Waals surface area contributed by atoms with Gasteiger partial charge in [0.05, 0.1) is 18.4 Å². The van der Waals surface area contributed by atoms with Crippen LogP contribution in [0.15, 0.2) is 65.3 Å². The lowest BCUT2D eigenvalue weighted by atomic mass is 9.97. The van der Waals surface area contributed by atoms with Gasteiger partial charge in [-0.3, -0.25) is 4.40 Å². The maximum absolute atomic E-state index is 11.5. The van der Waals surface area contributed by atoms with E-state index in [9.17, 15) is 15.0 Å². The molecule has 0 bridgehead atoms. The number of rotatable bonds is 5. The molecule has 4 aromatic rings. The van der Waals surface area contributed by atoms with Gasteiger partial charge >= 0.3 is 5.97 Å². The number of methoxy groups -OCH3 is 1. The maximum Gasteiger partial charge on any atom is 0.336 e. The molecule has 30 heavy (non-hydrogen) atoms. The molecule has 0 aliphatic heterocycles. The molecule has 6 nitrogen and oxygen atoms in total. The molecule has 2 heterocycles. The predicted octanol–water partition coefficient (Wildman–Crippen LogP) is 4.86. The van der Waals surface area contributed by atoms with Gasteiger partial charge in [-0.1, -0.05) is 48.5 Å². The summed E-state index contributed by atoms with van der Waals surface area (Å²) in [5, 5.41) is 20.5. The summed E-state index contributed by atoms with van der Waals surface area (Å²) in [7, 11) is 1.55. The number of aromatic carboxylic acids is 1. The topological polar surface area (TPSA) is 84.1 Å². The summed E-state index contributed by atoms with van der Waals surface area (Å²) in [6, 6.07) is 17.8. The van der Waals surface area contributed by atoms with E-state index in [-0.39, 0.29) is 5.56 Å². The second-order valence-electron chi connectivity index (χ2n) is 6.89. The van der Waals surface area contributed by atoms with Crippen LogP contribution in [0.2, 0.25) is 0 Å². The zero-order valence-electron chi connectivity index (χ0n) is 16.3. The Kier molecular flexibility index (Phi) is 5.32. The van der Waals surface area contributed by atoms with Crippen LogP contribution in [0.25, 0.3) is 16.8 Å². The van der Waals surface area contributed by atoms with Crippen molar-refractivity contribution < 1.29 is 19.7 Å². The summed E-state index contributed by atoms with van der Waals surface area (Å²) in [4.78, 5) is 16.0. The molecule has 0 amide bonds. The Morgan fingerprint density at radius 1 is 1.10 bits per heavy atom. The summed E-state index contributed by atoms with van der Waals surface area (Å²) in [5.74, 6) is -0.533. The fraction of sp³-hybridized carbons (Fsp3) is 0.130. The van der Waals surface area contributed by atoms with Crippen LogP contribution in [0.5, 0.6) is 5.88 Å². The fourth-order valence-electron chi connectivity index (χ4n) is 3.52. The van der Waals surface area contributed by atoms with Gasteiger partial charge in [0.1, 0.15) is 11.8 Å². The van der Waals surface area contributed by atoms with Gasteiger partial charge < -0.3 is 14.9 Å². The molecule has 0 saturated heterocycles. The minimum absolute atomic E-state index is 0.237. The number of benzene rings is 2. The molecular weight excluding hydrogens is 448 g/mol. The van der Waals surface area contributed by atoms with Crippen molar-refractivity contribution in [2.24, 2.45) is 0 Å². The zero-order valence-corrected chi connectivity index (χ0v) is 17.9. The standard InChI is InChI=1S/C23H19BrN2O4/c1-13-7-12-18(26-20(24)22(30-2)25-21(13)26)19(27)15-10-8-14(9-11-15)16-5-3-4-6-17(16)23(28)29/h3-12,19,27H,1-2H3,(H,28,29). The molecule has 0 radical (unpaired) electrons. The molecule has 1 atom stereocenters. The van der Waals surface area contributed by atoms with E-state index < -0.39 is 12.1 Å². The molecule has 2 aromatic carbocycles. The van der Waals surface area contributed by atoms with Gasteiger partial charge in [-0.15, -0.1) is 0 Å². The molecule has 1 unspecified atom stereocenters. The Labute approximate surface area is 181 Å².